The number of carbonyl (C=O) groups excluding carboxylic acids is 1. The molecule has 1 amide bonds. The molecule has 2 rings (SSSR count). The summed E-state index contributed by atoms with van der Waals surface area (Å²) in [5.74, 6) is -1.49. The quantitative estimate of drug-likeness (QED) is 0.846. The maximum Gasteiger partial charge on any atom is 0.326 e. The first-order valence-electron chi connectivity index (χ1n) is 6.94. The Labute approximate surface area is 129 Å². The lowest BCUT2D eigenvalue weighted by atomic mass is 10.0. The lowest BCUT2D eigenvalue weighted by Gasteiger charge is -2.33. The Bertz CT molecular complexity index is 686. The standard InChI is InChI=1S/C14H18N2O5S/c1-15-22(20,21)11-6-4-5-10(9-11)13(17)16-8-3-2-7-12(16)14(18)19/h4-6,9,12,15H,2-3,7-8H2,1H3,(H,18,19)/t12-/m0/s1. The fraction of sp³-hybridized carbons (Fsp3) is 0.429. The number of likely N-dealkylation sites (tertiary alicyclic amines) is 1. The Hall–Kier alpha value is -1.93. The van der Waals surface area contributed by atoms with Gasteiger partial charge in [0.2, 0.25) is 10.0 Å². The van der Waals surface area contributed by atoms with Crippen LogP contribution in [0.15, 0.2) is 29.2 Å². The van der Waals surface area contributed by atoms with Gasteiger partial charge < -0.3 is 10.0 Å². The van der Waals surface area contributed by atoms with Crippen molar-refractivity contribution in [3.05, 3.63) is 29.8 Å². The third-order valence-electron chi connectivity index (χ3n) is 3.71. The van der Waals surface area contributed by atoms with E-state index in [2.05, 4.69) is 4.72 Å². The first kappa shape index (κ1) is 16.4. The van der Waals surface area contributed by atoms with Crippen LogP contribution in [0.5, 0.6) is 0 Å². The van der Waals surface area contributed by atoms with E-state index in [9.17, 15) is 23.1 Å². The molecule has 1 aromatic carbocycles. The van der Waals surface area contributed by atoms with Crippen LogP contribution in [0, 0.1) is 0 Å². The van der Waals surface area contributed by atoms with Gasteiger partial charge in [-0.15, -0.1) is 0 Å². The number of hydrogen-bond acceptors (Lipinski definition) is 4. The summed E-state index contributed by atoms with van der Waals surface area (Å²) in [7, 11) is -2.37. The number of piperidine rings is 1. The van der Waals surface area contributed by atoms with Crippen LogP contribution in [-0.2, 0) is 14.8 Å². The molecule has 0 spiro atoms. The van der Waals surface area contributed by atoms with Gasteiger partial charge in [0.05, 0.1) is 4.90 Å². The van der Waals surface area contributed by atoms with Gasteiger partial charge in [-0.05, 0) is 44.5 Å². The van der Waals surface area contributed by atoms with E-state index in [-0.39, 0.29) is 10.5 Å². The van der Waals surface area contributed by atoms with E-state index < -0.39 is 27.9 Å². The molecule has 1 aromatic rings. The van der Waals surface area contributed by atoms with Gasteiger partial charge in [0, 0.05) is 12.1 Å². The highest BCUT2D eigenvalue weighted by atomic mass is 32.2. The monoisotopic (exact) mass is 326 g/mol. The molecule has 1 atom stereocenters. The van der Waals surface area contributed by atoms with E-state index >= 15 is 0 Å². The van der Waals surface area contributed by atoms with Gasteiger partial charge in [-0.2, -0.15) is 0 Å². The molecule has 120 valence electrons. The summed E-state index contributed by atoms with van der Waals surface area (Å²) in [6.45, 7) is 0.360. The Kier molecular flexibility index (Phi) is 4.82. The molecule has 1 fully saturated rings. The van der Waals surface area contributed by atoms with E-state index in [4.69, 9.17) is 0 Å². The lowest BCUT2D eigenvalue weighted by molar-refractivity contribution is -0.143. The molecule has 0 saturated carbocycles. The Balaban J connectivity index is 2.33. The van der Waals surface area contributed by atoms with Gasteiger partial charge in [-0.25, -0.2) is 17.9 Å². The highest BCUT2D eigenvalue weighted by Crippen LogP contribution is 2.21. The Morgan fingerprint density at radius 1 is 1.32 bits per heavy atom. The van der Waals surface area contributed by atoms with Gasteiger partial charge in [0.15, 0.2) is 0 Å². The molecule has 0 aromatic heterocycles. The van der Waals surface area contributed by atoms with Crippen molar-refractivity contribution in [1.82, 2.24) is 9.62 Å². The summed E-state index contributed by atoms with van der Waals surface area (Å²) >= 11 is 0. The molecule has 1 saturated heterocycles. The number of carboxylic acids is 1. The summed E-state index contributed by atoms with van der Waals surface area (Å²) in [5, 5.41) is 9.23. The second-order valence-electron chi connectivity index (χ2n) is 5.08. The van der Waals surface area contributed by atoms with Crippen LogP contribution in [0.4, 0.5) is 0 Å². The number of benzene rings is 1. The third-order valence-corrected chi connectivity index (χ3v) is 5.12. The molecular formula is C14H18N2O5S. The highest BCUT2D eigenvalue weighted by molar-refractivity contribution is 7.89. The van der Waals surface area contributed by atoms with Gasteiger partial charge in [-0.3, -0.25) is 4.79 Å². The second-order valence-corrected chi connectivity index (χ2v) is 6.97. The number of rotatable bonds is 4. The average molecular weight is 326 g/mol. The van der Waals surface area contributed by atoms with Crippen LogP contribution in [0.2, 0.25) is 0 Å². The smallest absolute Gasteiger partial charge is 0.326 e. The van der Waals surface area contributed by atoms with Crippen molar-refractivity contribution in [3.8, 4) is 0 Å². The fourth-order valence-electron chi connectivity index (χ4n) is 2.51. The third kappa shape index (κ3) is 3.28. The second kappa shape index (κ2) is 6.45. The summed E-state index contributed by atoms with van der Waals surface area (Å²) in [4.78, 5) is 25.1. The molecule has 22 heavy (non-hydrogen) atoms. The molecule has 0 bridgehead atoms. The van der Waals surface area contributed by atoms with Crippen LogP contribution < -0.4 is 4.72 Å². The largest absolute Gasteiger partial charge is 0.480 e. The van der Waals surface area contributed by atoms with Crippen LogP contribution in [0.1, 0.15) is 29.6 Å². The lowest BCUT2D eigenvalue weighted by Crippen LogP contribution is -2.48. The van der Waals surface area contributed by atoms with E-state index in [1.807, 2.05) is 0 Å². The van der Waals surface area contributed by atoms with Gasteiger partial charge >= 0.3 is 5.97 Å². The maximum atomic E-state index is 12.5. The molecule has 8 heteroatoms. The Morgan fingerprint density at radius 3 is 2.68 bits per heavy atom. The summed E-state index contributed by atoms with van der Waals surface area (Å²) < 4.78 is 25.8. The highest BCUT2D eigenvalue weighted by Gasteiger charge is 2.32. The summed E-state index contributed by atoms with van der Waals surface area (Å²) in [6, 6.07) is 4.75. The zero-order chi connectivity index (χ0) is 16.3. The molecule has 2 N–H and O–H groups in total. The fourth-order valence-corrected chi connectivity index (χ4v) is 3.29. The van der Waals surface area contributed by atoms with Crippen molar-refractivity contribution < 1.29 is 23.1 Å². The molecular weight excluding hydrogens is 308 g/mol. The van der Waals surface area contributed by atoms with Crippen molar-refractivity contribution in [2.24, 2.45) is 0 Å². The van der Waals surface area contributed by atoms with Crippen LogP contribution >= 0.6 is 0 Å². The number of nitrogens with zero attached hydrogens (tertiary/aromatic N) is 1. The van der Waals surface area contributed by atoms with Crippen LogP contribution in [-0.4, -0.2) is 49.9 Å². The minimum Gasteiger partial charge on any atom is -0.480 e. The van der Waals surface area contributed by atoms with Crippen molar-refractivity contribution in [2.75, 3.05) is 13.6 Å². The van der Waals surface area contributed by atoms with Gasteiger partial charge in [0.1, 0.15) is 6.04 Å². The van der Waals surface area contributed by atoms with E-state index in [1.165, 1.54) is 36.2 Å². The predicted molar refractivity (Wildman–Crippen MR) is 79.0 cm³/mol. The minimum atomic E-state index is -3.65. The first-order valence-corrected chi connectivity index (χ1v) is 8.42. The van der Waals surface area contributed by atoms with Gasteiger partial charge in [-0.1, -0.05) is 6.07 Å². The van der Waals surface area contributed by atoms with E-state index in [0.29, 0.717) is 13.0 Å². The van der Waals surface area contributed by atoms with Crippen molar-refractivity contribution in [3.63, 3.8) is 0 Å². The van der Waals surface area contributed by atoms with Crippen LogP contribution in [0.3, 0.4) is 0 Å². The molecule has 0 radical (unpaired) electrons. The minimum absolute atomic E-state index is 0.0234. The molecule has 1 aliphatic rings. The number of aliphatic carboxylic acids is 1. The van der Waals surface area contributed by atoms with E-state index in [0.717, 1.165) is 12.8 Å². The zero-order valence-corrected chi connectivity index (χ0v) is 13.0. The summed E-state index contributed by atoms with van der Waals surface area (Å²) in [5.41, 5.74) is 0.171. The average Bonchev–Trinajstić information content (AvgIpc) is 2.54. The first-order chi connectivity index (χ1) is 10.4. The molecule has 0 aliphatic carbocycles. The maximum absolute atomic E-state index is 12.5. The number of carbonyl (C=O) groups is 2. The van der Waals surface area contributed by atoms with Crippen molar-refractivity contribution >= 4 is 21.9 Å². The van der Waals surface area contributed by atoms with Crippen molar-refractivity contribution in [1.29, 1.82) is 0 Å². The molecule has 1 aliphatic heterocycles. The number of sulfonamides is 1. The number of hydrogen-bond donors (Lipinski definition) is 2. The summed E-state index contributed by atoms with van der Waals surface area (Å²) in [6.07, 6.45) is 1.91. The number of amides is 1. The number of carboxylic acid groups (broad SMARTS) is 1. The normalized spacial score (nSPS) is 19.0. The van der Waals surface area contributed by atoms with E-state index in [1.54, 1.807) is 0 Å². The molecule has 7 nitrogen and oxygen atoms in total. The topological polar surface area (TPSA) is 104 Å². The molecule has 1 heterocycles. The SMILES string of the molecule is CNS(=O)(=O)c1cccc(C(=O)N2CCCC[C@H]2C(=O)O)c1. The van der Waals surface area contributed by atoms with Crippen molar-refractivity contribution in [2.45, 2.75) is 30.2 Å². The van der Waals surface area contributed by atoms with Crippen LogP contribution in [0.25, 0.3) is 0 Å². The van der Waals surface area contributed by atoms with Gasteiger partial charge in [0.25, 0.3) is 5.91 Å². The predicted octanol–water partition coefficient (Wildman–Crippen LogP) is 0.674. The zero-order valence-electron chi connectivity index (χ0n) is 12.2. The Morgan fingerprint density at radius 2 is 2.05 bits per heavy atom. The number of nitrogens with one attached hydrogen (secondary N) is 1. The molecule has 0 unspecified atom stereocenters.